The van der Waals surface area contributed by atoms with Gasteiger partial charge in [0.25, 0.3) is 0 Å². The summed E-state index contributed by atoms with van der Waals surface area (Å²) >= 11 is 0. The largest absolute Gasteiger partial charge is 0.480 e. The molecule has 18 heavy (non-hydrogen) atoms. The summed E-state index contributed by atoms with van der Waals surface area (Å²) in [5.41, 5.74) is 0.680. The average molecular weight is 253 g/mol. The fourth-order valence-corrected chi connectivity index (χ4v) is 1.42. The molecule has 100 valence electrons. The summed E-state index contributed by atoms with van der Waals surface area (Å²) in [4.78, 5) is 29.6. The fourth-order valence-electron chi connectivity index (χ4n) is 1.42. The van der Waals surface area contributed by atoms with Gasteiger partial charge < -0.3 is 15.4 Å². The van der Waals surface area contributed by atoms with Crippen molar-refractivity contribution in [2.45, 2.75) is 33.2 Å². The van der Waals surface area contributed by atoms with E-state index in [0.717, 1.165) is 0 Å². The molecule has 0 aliphatic rings. The van der Waals surface area contributed by atoms with Crippen molar-refractivity contribution in [1.82, 2.24) is 15.3 Å². The van der Waals surface area contributed by atoms with E-state index < -0.39 is 12.0 Å². The van der Waals surface area contributed by atoms with E-state index in [1.165, 1.54) is 6.33 Å². The minimum Gasteiger partial charge on any atom is -0.480 e. The molecular weight excluding hydrogens is 234 g/mol. The Morgan fingerprint density at radius 3 is 2.56 bits per heavy atom. The number of hydrogen-bond donors (Lipinski definition) is 3. The highest BCUT2D eigenvalue weighted by Crippen LogP contribution is 2.10. The summed E-state index contributed by atoms with van der Waals surface area (Å²) < 4.78 is 0. The molecule has 0 spiro atoms. The number of aromatic amines is 1. The number of nitrogens with zero attached hydrogens (tertiary/aromatic N) is 1. The summed E-state index contributed by atoms with van der Waals surface area (Å²) in [7, 11) is 0. The summed E-state index contributed by atoms with van der Waals surface area (Å²) in [6.45, 7) is 5.64. The highest BCUT2D eigenvalue weighted by Gasteiger charge is 2.24. The van der Waals surface area contributed by atoms with Crippen molar-refractivity contribution in [1.29, 1.82) is 0 Å². The first-order chi connectivity index (χ1) is 8.41. The number of carbonyl (C=O) groups excluding carboxylic acids is 1. The van der Waals surface area contributed by atoms with E-state index in [0.29, 0.717) is 5.69 Å². The lowest BCUT2D eigenvalue weighted by Crippen LogP contribution is -2.45. The molecule has 1 amide bonds. The SMILES string of the molecule is CC(C)C(C)C(=O)N[C@H](Cc1cnc[nH]1)C(=O)O. The van der Waals surface area contributed by atoms with Crippen molar-refractivity contribution in [3.05, 3.63) is 18.2 Å². The lowest BCUT2D eigenvalue weighted by atomic mass is 9.96. The van der Waals surface area contributed by atoms with Crippen LogP contribution in [-0.2, 0) is 16.0 Å². The second-order valence-electron chi connectivity index (χ2n) is 4.71. The number of aromatic nitrogens is 2. The highest BCUT2D eigenvalue weighted by molar-refractivity contribution is 5.85. The Labute approximate surface area is 106 Å². The maximum Gasteiger partial charge on any atom is 0.326 e. The number of amides is 1. The van der Waals surface area contributed by atoms with E-state index >= 15 is 0 Å². The van der Waals surface area contributed by atoms with Crippen molar-refractivity contribution in [2.24, 2.45) is 11.8 Å². The van der Waals surface area contributed by atoms with Gasteiger partial charge in [0.2, 0.25) is 5.91 Å². The molecule has 0 fully saturated rings. The van der Waals surface area contributed by atoms with Gasteiger partial charge in [0.05, 0.1) is 6.33 Å². The second kappa shape index (κ2) is 6.18. The van der Waals surface area contributed by atoms with Gasteiger partial charge in [-0.1, -0.05) is 20.8 Å². The van der Waals surface area contributed by atoms with Crippen LogP contribution in [0.2, 0.25) is 0 Å². The van der Waals surface area contributed by atoms with Crippen LogP contribution in [0.5, 0.6) is 0 Å². The highest BCUT2D eigenvalue weighted by atomic mass is 16.4. The van der Waals surface area contributed by atoms with Crippen LogP contribution in [0.15, 0.2) is 12.5 Å². The molecule has 0 bridgehead atoms. The maximum absolute atomic E-state index is 11.8. The predicted octanol–water partition coefficient (Wildman–Crippen LogP) is 0.814. The van der Waals surface area contributed by atoms with Gasteiger partial charge in [-0.05, 0) is 5.92 Å². The number of imidazole rings is 1. The normalized spacial score (nSPS) is 14.2. The predicted molar refractivity (Wildman–Crippen MR) is 65.9 cm³/mol. The second-order valence-corrected chi connectivity index (χ2v) is 4.71. The Bertz CT molecular complexity index is 401. The van der Waals surface area contributed by atoms with Gasteiger partial charge in [-0.3, -0.25) is 4.79 Å². The van der Waals surface area contributed by atoms with Gasteiger partial charge in [-0.15, -0.1) is 0 Å². The fraction of sp³-hybridized carbons (Fsp3) is 0.583. The zero-order chi connectivity index (χ0) is 13.7. The van der Waals surface area contributed by atoms with E-state index in [9.17, 15) is 9.59 Å². The Morgan fingerprint density at radius 1 is 1.44 bits per heavy atom. The standard InChI is InChI=1S/C12H19N3O3/c1-7(2)8(3)11(16)15-10(12(17)18)4-9-5-13-6-14-9/h5-8,10H,4H2,1-3H3,(H,13,14)(H,15,16)(H,17,18)/t8?,10-/m1/s1. The van der Waals surface area contributed by atoms with E-state index in [4.69, 9.17) is 5.11 Å². The molecule has 0 aliphatic heterocycles. The van der Waals surface area contributed by atoms with E-state index in [1.807, 2.05) is 13.8 Å². The average Bonchev–Trinajstić information content (AvgIpc) is 2.79. The molecule has 6 heteroatoms. The monoisotopic (exact) mass is 253 g/mol. The van der Waals surface area contributed by atoms with Gasteiger partial charge in [-0.2, -0.15) is 0 Å². The molecular formula is C12H19N3O3. The molecule has 0 saturated heterocycles. The van der Waals surface area contributed by atoms with Crippen LogP contribution in [0.25, 0.3) is 0 Å². The van der Waals surface area contributed by atoms with Crippen LogP contribution in [-0.4, -0.2) is 33.0 Å². The lowest BCUT2D eigenvalue weighted by Gasteiger charge is -2.19. The first-order valence-electron chi connectivity index (χ1n) is 5.92. The van der Waals surface area contributed by atoms with Crippen LogP contribution in [0.1, 0.15) is 26.5 Å². The number of H-pyrrole nitrogens is 1. The third kappa shape index (κ3) is 3.87. The van der Waals surface area contributed by atoms with Crippen molar-refractivity contribution in [3.63, 3.8) is 0 Å². The number of carboxylic acid groups (broad SMARTS) is 1. The molecule has 0 aliphatic carbocycles. The van der Waals surface area contributed by atoms with E-state index in [1.54, 1.807) is 13.1 Å². The zero-order valence-electron chi connectivity index (χ0n) is 10.8. The number of aliphatic carboxylic acids is 1. The summed E-state index contributed by atoms with van der Waals surface area (Å²) in [5, 5.41) is 11.6. The molecule has 1 aromatic heterocycles. The summed E-state index contributed by atoms with van der Waals surface area (Å²) in [5.74, 6) is -1.33. The molecule has 0 aromatic carbocycles. The van der Waals surface area contributed by atoms with Crippen LogP contribution >= 0.6 is 0 Å². The number of nitrogens with one attached hydrogen (secondary N) is 2. The molecule has 2 atom stereocenters. The molecule has 1 aromatic rings. The molecule has 1 heterocycles. The lowest BCUT2D eigenvalue weighted by molar-refractivity contribution is -0.142. The van der Waals surface area contributed by atoms with Gasteiger partial charge in [0.15, 0.2) is 0 Å². The third-order valence-corrected chi connectivity index (χ3v) is 3.01. The van der Waals surface area contributed by atoms with E-state index in [2.05, 4.69) is 15.3 Å². The summed E-state index contributed by atoms with van der Waals surface area (Å²) in [6, 6.07) is -0.931. The topological polar surface area (TPSA) is 95.1 Å². The number of carboxylic acids is 1. The maximum atomic E-state index is 11.8. The Morgan fingerprint density at radius 2 is 2.11 bits per heavy atom. The first kappa shape index (κ1) is 14.2. The molecule has 0 radical (unpaired) electrons. The quantitative estimate of drug-likeness (QED) is 0.699. The van der Waals surface area contributed by atoms with E-state index in [-0.39, 0.29) is 24.2 Å². The van der Waals surface area contributed by atoms with Crippen LogP contribution in [0.3, 0.4) is 0 Å². The third-order valence-electron chi connectivity index (χ3n) is 3.01. The molecule has 3 N–H and O–H groups in total. The van der Waals surface area contributed by atoms with Crippen LogP contribution in [0.4, 0.5) is 0 Å². The van der Waals surface area contributed by atoms with Gasteiger partial charge in [0, 0.05) is 24.2 Å². The van der Waals surface area contributed by atoms with Crippen molar-refractivity contribution < 1.29 is 14.7 Å². The Balaban J connectivity index is 2.64. The molecule has 1 rings (SSSR count). The number of rotatable bonds is 6. The number of carbonyl (C=O) groups is 2. The van der Waals surface area contributed by atoms with Crippen LogP contribution < -0.4 is 5.32 Å². The van der Waals surface area contributed by atoms with Crippen molar-refractivity contribution in [2.75, 3.05) is 0 Å². The zero-order valence-corrected chi connectivity index (χ0v) is 10.8. The Kier molecular flexibility index (Phi) is 4.88. The van der Waals surface area contributed by atoms with Gasteiger partial charge in [-0.25, -0.2) is 9.78 Å². The minimum absolute atomic E-state index is 0.173. The van der Waals surface area contributed by atoms with Gasteiger partial charge in [0.1, 0.15) is 6.04 Å². The van der Waals surface area contributed by atoms with Crippen LogP contribution in [0, 0.1) is 11.8 Å². The number of hydrogen-bond acceptors (Lipinski definition) is 3. The van der Waals surface area contributed by atoms with Crippen molar-refractivity contribution in [3.8, 4) is 0 Å². The van der Waals surface area contributed by atoms with Crippen molar-refractivity contribution >= 4 is 11.9 Å². The smallest absolute Gasteiger partial charge is 0.326 e. The van der Waals surface area contributed by atoms with Gasteiger partial charge >= 0.3 is 5.97 Å². The first-order valence-corrected chi connectivity index (χ1v) is 5.92. The molecule has 0 saturated carbocycles. The Hall–Kier alpha value is -1.85. The molecule has 1 unspecified atom stereocenters. The summed E-state index contributed by atoms with van der Waals surface area (Å²) in [6.07, 6.45) is 3.23. The molecule has 6 nitrogen and oxygen atoms in total. The minimum atomic E-state index is -1.05.